The van der Waals surface area contributed by atoms with E-state index in [4.69, 9.17) is 15.2 Å². The zero-order chi connectivity index (χ0) is 16.3. The van der Waals surface area contributed by atoms with Crippen molar-refractivity contribution in [1.29, 1.82) is 0 Å². The molecule has 0 saturated carbocycles. The number of hydrogen-bond acceptors (Lipinski definition) is 5. The van der Waals surface area contributed by atoms with E-state index in [2.05, 4.69) is 0 Å². The molecule has 1 aromatic rings. The Hall–Kier alpha value is -1.38. The van der Waals surface area contributed by atoms with Crippen LogP contribution in [0.25, 0.3) is 0 Å². The lowest BCUT2D eigenvalue weighted by Gasteiger charge is -2.34. The molecule has 124 valence electrons. The van der Waals surface area contributed by atoms with Crippen molar-refractivity contribution in [2.24, 2.45) is 5.73 Å². The normalized spacial score (nSPS) is 19.9. The van der Waals surface area contributed by atoms with Crippen molar-refractivity contribution >= 4 is 10.0 Å². The molecule has 1 saturated heterocycles. The number of rotatable bonds is 5. The standard InChI is InChI=1S/C14H21FN2O4S/c1-20-12-7-11(15)14(8-13(12)21-2)22(18,19)17-6-4-3-5-10(17)9-16/h7-8,10H,3-6,9,16H2,1-2H3. The van der Waals surface area contributed by atoms with Crippen LogP contribution in [0.15, 0.2) is 17.0 Å². The average Bonchev–Trinajstić information content (AvgIpc) is 2.54. The van der Waals surface area contributed by atoms with Gasteiger partial charge >= 0.3 is 0 Å². The first-order chi connectivity index (χ1) is 10.5. The maximum Gasteiger partial charge on any atom is 0.246 e. The molecule has 1 fully saturated rings. The molecule has 0 radical (unpaired) electrons. The minimum atomic E-state index is -3.97. The summed E-state index contributed by atoms with van der Waals surface area (Å²) >= 11 is 0. The molecule has 1 aliphatic heterocycles. The molecule has 2 N–H and O–H groups in total. The molecular weight excluding hydrogens is 311 g/mol. The monoisotopic (exact) mass is 332 g/mol. The van der Waals surface area contributed by atoms with Gasteiger partial charge in [0.05, 0.1) is 14.2 Å². The Morgan fingerprint density at radius 2 is 1.91 bits per heavy atom. The van der Waals surface area contributed by atoms with Crippen LogP contribution in [-0.2, 0) is 10.0 Å². The molecule has 8 heteroatoms. The third-order valence-corrected chi connectivity index (χ3v) is 5.84. The third kappa shape index (κ3) is 3.04. The van der Waals surface area contributed by atoms with E-state index in [1.807, 2.05) is 0 Å². The van der Waals surface area contributed by atoms with Crippen LogP contribution < -0.4 is 15.2 Å². The van der Waals surface area contributed by atoms with Gasteiger partial charge in [-0.1, -0.05) is 6.42 Å². The van der Waals surface area contributed by atoms with E-state index in [1.54, 1.807) is 0 Å². The molecule has 1 unspecified atom stereocenters. The minimum Gasteiger partial charge on any atom is -0.493 e. The van der Waals surface area contributed by atoms with Gasteiger partial charge in [0.15, 0.2) is 11.5 Å². The molecule has 1 atom stereocenters. The van der Waals surface area contributed by atoms with Crippen LogP contribution in [0.4, 0.5) is 4.39 Å². The molecule has 0 aromatic heterocycles. The number of piperidine rings is 1. The summed E-state index contributed by atoms with van der Waals surface area (Å²) in [7, 11) is -1.24. The van der Waals surface area contributed by atoms with E-state index in [0.717, 1.165) is 25.0 Å². The minimum absolute atomic E-state index is 0.146. The van der Waals surface area contributed by atoms with Gasteiger partial charge in [0.2, 0.25) is 10.0 Å². The van der Waals surface area contributed by atoms with Crippen molar-refractivity contribution in [3.63, 3.8) is 0 Å². The molecule has 1 aliphatic rings. The highest BCUT2D eigenvalue weighted by molar-refractivity contribution is 7.89. The van der Waals surface area contributed by atoms with Crippen molar-refractivity contribution in [2.45, 2.75) is 30.2 Å². The number of nitrogens with zero attached hydrogens (tertiary/aromatic N) is 1. The summed E-state index contributed by atoms with van der Waals surface area (Å²) in [5.74, 6) is -0.546. The molecule has 1 aromatic carbocycles. The Labute approximate surface area is 130 Å². The first-order valence-corrected chi connectivity index (χ1v) is 8.53. The van der Waals surface area contributed by atoms with Gasteiger partial charge in [-0.25, -0.2) is 12.8 Å². The molecule has 0 amide bonds. The summed E-state index contributed by atoms with van der Waals surface area (Å²) in [6, 6.07) is 1.88. The second-order valence-corrected chi connectivity index (χ2v) is 7.00. The Bertz CT molecular complexity index is 636. The van der Waals surface area contributed by atoms with Crippen LogP contribution in [-0.4, -0.2) is 46.1 Å². The van der Waals surface area contributed by atoms with Crippen molar-refractivity contribution in [3.05, 3.63) is 17.9 Å². The lowest BCUT2D eigenvalue weighted by molar-refractivity contribution is 0.256. The van der Waals surface area contributed by atoms with Crippen molar-refractivity contribution in [2.75, 3.05) is 27.3 Å². The van der Waals surface area contributed by atoms with E-state index < -0.39 is 20.7 Å². The fourth-order valence-corrected chi connectivity index (χ4v) is 4.45. The summed E-state index contributed by atoms with van der Waals surface area (Å²) in [4.78, 5) is -0.412. The first kappa shape index (κ1) is 17.0. The highest BCUT2D eigenvalue weighted by atomic mass is 32.2. The lowest BCUT2D eigenvalue weighted by Crippen LogP contribution is -2.47. The van der Waals surface area contributed by atoms with Gasteiger partial charge in [0.25, 0.3) is 0 Å². The topological polar surface area (TPSA) is 81.9 Å². The summed E-state index contributed by atoms with van der Waals surface area (Å²) in [6.45, 7) is 0.562. The fraction of sp³-hybridized carbons (Fsp3) is 0.571. The predicted octanol–water partition coefficient (Wildman–Crippen LogP) is 1.34. The van der Waals surface area contributed by atoms with Crippen LogP contribution in [0.2, 0.25) is 0 Å². The molecule has 0 aliphatic carbocycles. The van der Waals surface area contributed by atoms with Crippen LogP contribution >= 0.6 is 0 Å². The van der Waals surface area contributed by atoms with Gasteiger partial charge in [-0.05, 0) is 12.8 Å². The molecule has 22 heavy (non-hydrogen) atoms. The van der Waals surface area contributed by atoms with E-state index in [0.29, 0.717) is 13.0 Å². The molecule has 1 heterocycles. The van der Waals surface area contributed by atoms with Crippen LogP contribution in [0, 0.1) is 5.82 Å². The number of methoxy groups -OCH3 is 2. The van der Waals surface area contributed by atoms with E-state index in [1.165, 1.54) is 18.5 Å². The van der Waals surface area contributed by atoms with Gasteiger partial charge in [-0.3, -0.25) is 0 Å². The van der Waals surface area contributed by atoms with Crippen molar-refractivity contribution < 1.29 is 22.3 Å². The number of sulfonamides is 1. The predicted molar refractivity (Wildman–Crippen MR) is 80.1 cm³/mol. The highest BCUT2D eigenvalue weighted by Crippen LogP contribution is 2.34. The summed E-state index contributed by atoms with van der Waals surface area (Å²) in [5.41, 5.74) is 5.66. The van der Waals surface area contributed by atoms with Gasteiger partial charge in [0, 0.05) is 31.3 Å². The maximum absolute atomic E-state index is 14.3. The van der Waals surface area contributed by atoms with Gasteiger partial charge < -0.3 is 15.2 Å². The molecular formula is C14H21FN2O4S. The largest absolute Gasteiger partial charge is 0.493 e. The number of nitrogens with two attached hydrogens (primary N) is 1. The molecule has 0 bridgehead atoms. The summed E-state index contributed by atoms with van der Waals surface area (Å²) < 4.78 is 51.2. The summed E-state index contributed by atoms with van der Waals surface area (Å²) in [6.07, 6.45) is 2.34. The average molecular weight is 332 g/mol. The van der Waals surface area contributed by atoms with Crippen LogP contribution in [0.3, 0.4) is 0 Å². The second kappa shape index (κ2) is 6.80. The van der Waals surface area contributed by atoms with Gasteiger partial charge in [0.1, 0.15) is 10.7 Å². The zero-order valence-corrected chi connectivity index (χ0v) is 13.5. The summed E-state index contributed by atoms with van der Waals surface area (Å²) in [5, 5.41) is 0. The quantitative estimate of drug-likeness (QED) is 0.880. The van der Waals surface area contributed by atoms with Crippen molar-refractivity contribution in [3.8, 4) is 11.5 Å². The Balaban J connectivity index is 2.48. The Morgan fingerprint density at radius 3 is 2.50 bits per heavy atom. The van der Waals surface area contributed by atoms with Crippen LogP contribution in [0.1, 0.15) is 19.3 Å². The maximum atomic E-state index is 14.3. The smallest absolute Gasteiger partial charge is 0.246 e. The highest BCUT2D eigenvalue weighted by Gasteiger charge is 2.35. The fourth-order valence-electron chi connectivity index (χ4n) is 2.69. The SMILES string of the molecule is COc1cc(F)c(S(=O)(=O)N2CCCCC2CN)cc1OC. The van der Waals surface area contributed by atoms with E-state index in [9.17, 15) is 12.8 Å². The number of hydrogen-bond donors (Lipinski definition) is 1. The second-order valence-electron chi connectivity index (χ2n) is 5.14. The molecule has 2 rings (SSSR count). The lowest BCUT2D eigenvalue weighted by atomic mass is 10.1. The third-order valence-electron chi connectivity index (χ3n) is 3.87. The molecule has 6 nitrogen and oxygen atoms in total. The number of halogens is 1. The molecule has 0 spiro atoms. The van der Waals surface area contributed by atoms with E-state index in [-0.39, 0.29) is 24.1 Å². The zero-order valence-electron chi connectivity index (χ0n) is 12.7. The first-order valence-electron chi connectivity index (χ1n) is 7.09. The van der Waals surface area contributed by atoms with E-state index >= 15 is 0 Å². The van der Waals surface area contributed by atoms with Crippen LogP contribution in [0.5, 0.6) is 11.5 Å². The van der Waals surface area contributed by atoms with Gasteiger partial charge in [-0.2, -0.15) is 4.31 Å². The Kier molecular flexibility index (Phi) is 5.25. The number of ether oxygens (including phenoxy) is 2. The van der Waals surface area contributed by atoms with Crippen molar-refractivity contribution in [1.82, 2.24) is 4.31 Å². The number of benzene rings is 1. The van der Waals surface area contributed by atoms with Gasteiger partial charge in [-0.15, -0.1) is 0 Å². The Morgan fingerprint density at radius 1 is 1.27 bits per heavy atom.